The van der Waals surface area contributed by atoms with E-state index in [-0.39, 0.29) is 23.8 Å². The van der Waals surface area contributed by atoms with Crippen molar-refractivity contribution in [3.05, 3.63) is 112 Å². The van der Waals surface area contributed by atoms with Gasteiger partial charge in [-0.25, -0.2) is 4.79 Å². The molecule has 3 aromatic carbocycles. The van der Waals surface area contributed by atoms with Crippen LogP contribution in [-0.2, 0) is 37.1 Å². The number of hydrogen-bond acceptors (Lipinski definition) is 8. The summed E-state index contributed by atoms with van der Waals surface area (Å²) in [5.41, 5.74) is 11.9. The van der Waals surface area contributed by atoms with Gasteiger partial charge in [0.15, 0.2) is 12.1 Å². The van der Waals surface area contributed by atoms with Crippen LogP contribution in [0.15, 0.2) is 84.0 Å². The molecule has 1 amide bonds. The van der Waals surface area contributed by atoms with Gasteiger partial charge >= 0.3 is 11.9 Å². The molecule has 1 aliphatic heterocycles. The van der Waals surface area contributed by atoms with Crippen LogP contribution in [0.25, 0.3) is 16.5 Å². The Labute approximate surface area is 255 Å². The predicted octanol–water partition coefficient (Wildman–Crippen LogP) is 5.94. The van der Waals surface area contributed by atoms with Crippen LogP contribution >= 0.6 is 0 Å². The first kappa shape index (κ1) is 31.7. The highest BCUT2D eigenvalue weighted by Crippen LogP contribution is 2.32. The molecule has 4 rings (SSSR count). The molecular weight excluding hydrogens is 564 g/mol. The Kier molecular flexibility index (Phi) is 11.4. The maximum atomic E-state index is 13.3. The molecule has 0 aliphatic carbocycles. The molecule has 1 heterocycles. The lowest BCUT2D eigenvalue weighted by atomic mass is 10.0. The van der Waals surface area contributed by atoms with Gasteiger partial charge in [-0.05, 0) is 72.3 Å². The minimum Gasteiger partial charge on any atom is -0.489 e. The van der Waals surface area contributed by atoms with Crippen molar-refractivity contribution in [1.29, 1.82) is 0 Å². The minimum absolute atomic E-state index is 0.130. The maximum absolute atomic E-state index is 13.3. The minimum atomic E-state index is -1.45. The van der Waals surface area contributed by atoms with Crippen molar-refractivity contribution in [3.8, 4) is 11.5 Å². The zero-order valence-electron chi connectivity index (χ0n) is 24.6. The van der Waals surface area contributed by atoms with Gasteiger partial charge in [0.05, 0.1) is 7.11 Å². The normalized spacial score (nSPS) is 13.9. The average Bonchev–Trinajstić information content (AvgIpc) is 3.60. The SMILES string of the molecule is COC(=O)/C=C/c1ccc(OCc2ccc(OCc3ccccc3)cc2)c([C@@H](N=[N+]=[N-])C(=O)O[C@H](C)C(=O)N2CCCC2)c1. The van der Waals surface area contributed by atoms with Gasteiger partial charge in [-0.3, -0.25) is 9.59 Å². The van der Waals surface area contributed by atoms with E-state index in [0.717, 1.165) is 24.0 Å². The second-order valence-corrected chi connectivity index (χ2v) is 10.1. The molecule has 0 N–H and O–H groups in total. The summed E-state index contributed by atoms with van der Waals surface area (Å²) in [6, 6.07) is 20.6. The van der Waals surface area contributed by atoms with Crippen molar-refractivity contribution >= 4 is 23.9 Å². The van der Waals surface area contributed by atoms with Gasteiger partial charge in [0.25, 0.3) is 5.91 Å². The molecule has 44 heavy (non-hydrogen) atoms. The van der Waals surface area contributed by atoms with Crippen molar-refractivity contribution in [2.45, 2.75) is 45.1 Å². The third kappa shape index (κ3) is 8.86. The Morgan fingerprint density at radius 1 is 0.955 bits per heavy atom. The van der Waals surface area contributed by atoms with Crippen LogP contribution in [0.3, 0.4) is 0 Å². The molecule has 0 unspecified atom stereocenters. The number of carbonyl (C=O) groups is 3. The largest absolute Gasteiger partial charge is 0.489 e. The lowest BCUT2D eigenvalue weighted by Crippen LogP contribution is -2.38. The van der Waals surface area contributed by atoms with Gasteiger partial charge in [-0.15, -0.1) is 0 Å². The number of ether oxygens (including phenoxy) is 4. The molecule has 0 radical (unpaired) electrons. The Bertz CT molecular complexity index is 1510. The Balaban J connectivity index is 1.52. The first-order chi connectivity index (χ1) is 21.4. The summed E-state index contributed by atoms with van der Waals surface area (Å²) >= 11 is 0. The van der Waals surface area contributed by atoms with E-state index in [0.29, 0.717) is 31.0 Å². The van der Waals surface area contributed by atoms with E-state index in [2.05, 4.69) is 14.8 Å². The molecule has 1 fully saturated rings. The number of azide groups is 1. The summed E-state index contributed by atoms with van der Waals surface area (Å²) in [5, 5.41) is 3.70. The van der Waals surface area contributed by atoms with Crippen LogP contribution in [0.5, 0.6) is 11.5 Å². The van der Waals surface area contributed by atoms with Gasteiger partial charge in [-0.1, -0.05) is 53.6 Å². The van der Waals surface area contributed by atoms with E-state index in [1.807, 2.05) is 54.6 Å². The monoisotopic (exact) mass is 598 g/mol. The molecule has 0 aromatic heterocycles. The Hall–Kier alpha value is -5.28. The van der Waals surface area contributed by atoms with Crippen LogP contribution in [-0.4, -0.2) is 49.0 Å². The van der Waals surface area contributed by atoms with Crippen LogP contribution in [0.4, 0.5) is 0 Å². The van der Waals surface area contributed by atoms with Gasteiger partial charge in [0.1, 0.15) is 24.7 Å². The fourth-order valence-electron chi connectivity index (χ4n) is 4.60. The Morgan fingerprint density at radius 2 is 1.64 bits per heavy atom. The zero-order valence-corrected chi connectivity index (χ0v) is 24.6. The quantitative estimate of drug-likeness (QED) is 0.0780. The van der Waals surface area contributed by atoms with Crippen molar-refractivity contribution in [1.82, 2.24) is 4.90 Å². The van der Waals surface area contributed by atoms with Crippen molar-refractivity contribution in [2.75, 3.05) is 20.2 Å². The number of benzene rings is 3. The third-order valence-electron chi connectivity index (χ3n) is 6.96. The summed E-state index contributed by atoms with van der Waals surface area (Å²) in [7, 11) is 1.26. The fourth-order valence-corrected chi connectivity index (χ4v) is 4.60. The number of hydrogen-bond donors (Lipinski definition) is 0. The van der Waals surface area contributed by atoms with Crippen molar-refractivity contribution in [3.63, 3.8) is 0 Å². The number of nitrogens with zero attached hydrogens (tertiary/aromatic N) is 4. The molecule has 228 valence electrons. The van der Waals surface area contributed by atoms with Crippen LogP contribution in [0.2, 0.25) is 0 Å². The van der Waals surface area contributed by atoms with Crippen molar-refractivity contribution < 1.29 is 33.3 Å². The van der Waals surface area contributed by atoms with E-state index in [1.54, 1.807) is 23.1 Å². The lowest BCUT2D eigenvalue weighted by molar-refractivity contribution is -0.159. The summed E-state index contributed by atoms with van der Waals surface area (Å²) in [4.78, 5) is 42.2. The maximum Gasteiger partial charge on any atom is 0.330 e. The van der Waals surface area contributed by atoms with Crippen LogP contribution < -0.4 is 9.47 Å². The molecule has 11 heteroatoms. The fraction of sp³-hybridized carbons (Fsp3) is 0.303. The molecule has 1 aliphatic rings. The number of amides is 1. The molecular formula is C33H34N4O7. The third-order valence-corrected chi connectivity index (χ3v) is 6.96. The van der Waals surface area contributed by atoms with Crippen LogP contribution in [0.1, 0.15) is 48.1 Å². The molecule has 0 bridgehead atoms. The number of carbonyl (C=O) groups excluding carboxylic acids is 3. The van der Waals surface area contributed by atoms with E-state index in [9.17, 15) is 19.9 Å². The topological polar surface area (TPSA) is 140 Å². The standard InChI is InChI=1S/C33H34N4O7/c1-23(32(39)37-18-6-7-19-37)44-33(40)31(35-36-34)28-20-24(13-17-30(38)41-2)12-16-29(28)43-22-26-10-14-27(15-11-26)42-21-25-8-4-3-5-9-25/h3-5,8-17,20,23,31H,6-7,18-19,21-22H2,1-2H3/b17-13+/t23-,31-/m1/s1. The number of rotatable bonds is 13. The molecule has 2 atom stereocenters. The van der Waals surface area contributed by atoms with Gasteiger partial charge in [-0.2, -0.15) is 0 Å². The van der Waals surface area contributed by atoms with Gasteiger partial charge < -0.3 is 23.8 Å². The van der Waals surface area contributed by atoms with E-state index in [4.69, 9.17) is 14.2 Å². The lowest BCUT2D eigenvalue weighted by Gasteiger charge is -2.22. The first-order valence-electron chi connectivity index (χ1n) is 14.2. The number of methoxy groups -OCH3 is 1. The molecule has 11 nitrogen and oxygen atoms in total. The molecule has 0 saturated carbocycles. The smallest absolute Gasteiger partial charge is 0.330 e. The van der Waals surface area contributed by atoms with Gasteiger partial charge in [0, 0.05) is 29.6 Å². The number of esters is 2. The predicted molar refractivity (Wildman–Crippen MR) is 162 cm³/mol. The first-order valence-corrected chi connectivity index (χ1v) is 14.2. The summed E-state index contributed by atoms with van der Waals surface area (Å²) in [5.74, 6) is -0.815. The number of likely N-dealkylation sites (tertiary alicyclic amines) is 1. The van der Waals surface area contributed by atoms with E-state index in [1.165, 1.54) is 26.2 Å². The second-order valence-electron chi connectivity index (χ2n) is 10.1. The highest BCUT2D eigenvalue weighted by Gasteiger charge is 2.31. The highest BCUT2D eigenvalue weighted by atomic mass is 16.6. The summed E-state index contributed by atoms with van der Waals surface area (Å²) in [6.45, 7) is 3.27. The summed E-state index contributed by atoms with van der Waals surface area (Å²) in [6.07, 6.45) is 3.43. The second kappa shape index (κ2) is 15.8. The van der Waals surface area contributed by atoms with Gasteiger partial charge in [0.2, 0.25) is 0 Å². The van der Waals surface area contributed by atoms with E-state index >= 15 is 0 Å². The van der Waals surface area contributed by atoms with Crippen LogP contribution in [0, 0.1) is 0 Å². The van der Waals surface area contributed by atoms with E-state index < -0.39 is 24.1 Å². The average molecular weight is 599 g/mol. The zero-order chi connectivity index (χ0) is 31.3. The highest BCUT2D eigenvalue weighted by molar-refractivity contribution is 5.88. The Morgan fingerprint density at radius 3 is 2.32 bits per heavy atom. The molecule has 3 aromatic rings. The summed E-state index contributed by atoms with van der Waals surface area (Å²) < 4.78 is 22.1. The van der Waals surface area contributed by atoms with Crippen molar-refractivity contribution in [2.24, 2.45) is 5.11 Å². The molecule has 0 spiro atoms. The molecule has 1 saturated heterocycles.